The van der Waals surface area contributed by atoms with Gasteiger partial charge < -0.3 is 9.67 Å². The molecule has 4 aromatic rings. The molecule has 0 saturated carbocycles. The summed E-state index contributed by atoms with van der Waals surface area (Å²) in [6.45, 7) is 8.65. The number of allylic oxidation sites excluding steroid dienone is 2. The molecule has 0 atom stereocenters. The summed E-state index contributed by atoms with van der Waals surface area (Å²) < 4.78 is 2.34. The summed E-state index contributed by atoms with van der Waals surface area (Å²) in [5.74, 6) is 0.243. The van der Waals surface area contributed by atoms with Gasteiger partial charge in [0, 0.05) is 34.8 Å². The van der Waals surface area contributed by atoms with Crippen LogP contribution >= 0.6 is 0 Å². The molecule has 5 rings (SSSR count). The Hall–Kier alpha value is -3.26. The minimum Gasteiger partial charge on any atom is -0.513 e. The number of para-hydroxylation sites is 1. The van der Waals surface area contributed by atoms with Crippen LogP contribution < -0.4 is 0 Å². The van der Waals surface area contributed by atoms with Crippen LogP contribution in [0.5, 0.6) is 0 Å². The van der Waals surface area contributed by atoms with Crippen molar-refractivity contribution in [3.63, 3.8) is 0 Å². The topological polar surface area (TPSA) is 25.2 Å². The first-order chi connectivity index (χ1) is 16.6. The highest BCUT2D eigenvalue weighted by Gasteiger charge is 2.17. The Labute approximate surface area is 203 Å². The minimum absolute atomic E-state index is 0.243. The zero-order chi connectivity index (χ0) is 23.5. The zero-order valence-corrected chi connectivity index (χ0v) is 20.2. The van der Waals surface area contributed by atoms with E-state index in [0.29, 0.717) is 6.42 Å². The lowest BCUT2D eigenvalue weighted by Gasteiger charge is -2.09. The van der Waals surface area contributed by atoms with Gasteiger partial charge in [-0.25, -0.2) is 0 Å². The number of nitrogens with zero attached hydrogens (tertiary/aromatic N) is 1. The van der Waals surface area contributed by atoms with Crippen molar-refractivity contribution >= 4 is 27.4 Å². The summed E-state index contributed by atoms with van der Waals surface area (Å²) in [4.78, 5) is 0. The number of hydrogen-bond donors (Lipinski definition) is 1. The summed E-state index contributed by atoms with van der Waals surface area (Å²) in [6.07, 6.45) is 10.2. The van der Waals surface area contributed by atoms with E-state index in [1.807, 2.05) is 0 Å². The van der Waals surface area contributed by atoms with Crippen molar-refractivity contribution in [2.24, 2.45) is 0 Å². The Bertz CT molecular complexity index is 1360. The number of aryl methyl sites for hydroxylation is 3. The van der Waals surface area contributed by atoms with E-state index >= 15 is 0 Å². The summed E-state index contributed by atoms with van der Waals surface area (Å²) in [5.41, 5.74) is 9.72. The molecule has 0 spiro atoms. The van der Waals surface area contributed by atoms with E-state index in [9.17, 15) is 5.11 Å². The van der Waals surface area contributed by atoms with Crippen molar-refractivity contribution in [1.29, 1.82) is 0 Å². The van der Waals surface area contributed by atoms with E-state index < -0.39 is 0 Å². The molecule has 1 aromatic heterocycles. The smallest absolute Gasteiger partial charge is 0.0868 e. The Morgan fingerprint density at radius 2 is 1.62 bits per heavy atom. The number of hydrogen-bond acceptors (Lipinski definition) is 1. The molecule has 0 unspecified atom stereocenters. The van der Waals surface area contributed by atoms with Gasteiger partial charge in [0.05, 0.1) is 5.76 Å². The summed E-state index contributed by atoms with van der Waals surface area (Å²) >= 11 is 0. The molecule has 34 heavy (non-hydrogen) atoms. The van der Waals surface area contributed by atoms with Gasteiger partial charge in [-0.05, 0) is 78.5 Å². The second-order valence-electron chi connectivity index (χ2n) is 9.80. The lowest BCUT2D eigenvalue weighted by atomic mass is 9.97. The molecule has 2 heteroatoms. The van der Waals surface area contributed by atoms with Crippen molar-refractivity contribution in [3.05, 3.63) is 102 Å². The van der Waals surface area contributed by atoms with Crippen LogP contribution in [0.2, 0.25) is 0 Å². The lowest BCUT2D eigenvalue weighted by molar-refractivity contribution is 0.383. The average molecular weight is 450 g/mol. The first-order valence-electron chi connectivity index (χ1n) is 12.8. The van der Waals surface area contributed by atoms with Gasteiger partial charge in [0.15, 0.2) is 0 Å². The fourth-order valence-corrected chi connectivity index (χ4v) is 5.64. The molecule has 1 aliphatic carbocycles. The minimum atomic E-state index is 0.243. The highest BCUT2D eigenvalue weighted by Crippen LogP contribution is 2.34. The number of aliphatic hydroxyl groups is 1. The molecular weight excluding hydrogens is 414 g/mol. The van der Waals surface area contributed by atoms with Crippen molar-refractivity contribution in [2.45, 2.75) is 64.3 Å². The molecule has 0 saturated heterocycles. The molecule has 174 valence electrons. The maximum Gasteiger partial charge on any atom is 0.0868 e. The molecule has 0 amide bonds. The summed E-state index contributed by atoms with van der Waals surface area (Å²) in [6, 6.07) is 22.3. The van der Waals surface area contributed by atoms with E-state index in [0.717, 1.165) is 19.4 Å². The zero-order valence-electron chi connectivity index (χ0n) is 20.2. The maximum absolute atomic E-state index is 9.66. The van der Waals surface area contributed by atoms with Gasteiger partial charge in [0.1, 0.15) is 0 Å². The van der Waals surface area contributed by atoms with E-state index in [2.05, 4.69) is 78.4 Å². The van der Waals surface area contributed by atoms with Gasteiger partial charge in [0.2, 0.25) is 0 Å². The van der Waals surface area contributed by atoms with Crippen molar-refractivity contribution in [3.8, 4) is 0 Å². The monoisotopic (exact) mass is 449 g/mol. The Kier molecular flexibility index (Phi) is 6.58. The van der Waals surface area contributed by atoms with Gasteiger partial charge in [0.25, 0.3) is 0 Å². The number of aromatic nitrogens is 1. The third-order valence-electron chi connectivity index (χ3n) is 7.45. The van der Waals surface area contributed by atoms with Crippen LogP contribution in [0.25, 0.3) is 27.4 Å². The van der Waals surface area contributed by atoms with Gasteiger partial charge >= 0.3 is 0 Å². The second kappa shape index (κ2) is 9.93. The number of fused-ring (bicyclic) bond motifs is 4. The first kappa shape index (κ1) is 22.5. The largest absolute Gasteiger partial charge is 0.513 e. The Morgan fingerprint density at radius 1 is 0.824 bits per heavy atom. The van der Waals surface area contributed by atoms with Crippen molar-refractivity contribution in [1.82, 2.24) is 4.57 Å². The lowest BCUT2D eigenvalue weighted by Crippen LogP contribution is -1.99. The third-order valence-corrected chi connectivity index (χ3v) is 7.45. The van der Waals surface area contributed by atoms with Crippen LogP contribution in [0.4, 0.5) is 0 Å². The predicted molar refractivity (Wildman–Crippen MR) is 146 cm³/mol. The fourth-order valence-electron chi connectivity index (χ4n) is 5.64. The van der Waals surface area contributed by atoms with E-state index in [-0.39, 0.29) is 5.76 Å². The van der Waals surface area contributed by atoms with Crippen LogP contribution in [0, 0.1) is 0 Å². The number of unbranched alkanes of at least 4 members (excludes halogenated alkanes) is 3. The highest BCUT2D eigenvalue weighted by atomic mass is 16.3. The number of rotatable bonds is 10. The molecular formula is C32H35NO. The van der Waals surface area contributed by atoms with Crippen LogP contribution in [-0.4, -0.2) is 9.67 Å². The normalized spacial score (nSPS) is 13.1. The van der Waals surface area contributed by atoms with E-state index in [1.165, 1.54) is 77.0 Å². The number of aliphatic hydroxyl groups excluding tert-OH is 1. The highest BCUT2D eigenvalue weighted by molar-refractivity contribution is 6.08. The molecule has 2 nitrogen and oxygen atoms in total. The van der Waals surface area contributed by atoms with Crippen LogP contribution in [0.3, 0.4) is 0 Å². The molecule has 0 aliphatic heterocycles. The Morgan fingerprint density at radius 3 is 2.47 bits per heavy atom. The molecule has 0 radical (unpaired) electrons. The third kappa shape index (κ3) is 4.55. The first-order valence-corrected chi connectivity index (χ1v) is 12.8. The maximum atomic E-state index is 9.66. The second-order valence-corrected chi connectivity index (χ2v) is 9.80. The molecule has 1 aliphatic rings. The van der Waals surface area contributed by atoms with Crippen molar-refractivity contribution in [2.75, 3.05) is 0 Å². The average Bonchev–Trinajstić information content (AvgIpc) is 3.38. The molecule has 1 N–H and O–H groups in total. The molecule has 1 heterocycles. The van der Waals surface area contributed by atoms with Gasteiger partial charge in [-0.3, -0.25) is 0 Å². The van der Waals surface area contributed by atoms with Gasteiger partial charge in [-0.15, -0.1) is 0 Å². The van der Waals surface area contributed by atoms with Crippen molar-refractivity contribution < 1.29 is 5.11 Å². The summed E-state index contributed by atoms with van der Waals surface area (Å²) in [7, 11) is 0. The fraction of sp³-hybridized carbons (Fsp3) is 0.312. The van der Waals surface area contributed by atoms with Gasteiger partial charge in [-0.2, -0.15) is 0 Å². The van der Waals surface area contributed by atoms with E-state index in [4.69, 9.17) is 0 Å². The molecule has 0 bridgehead atoms. The van der Waals surface area contributed by atoms with Crippen LogP contribution in [0.15, 0.2) is 79.6 Å². The van der Waals surface area contributed by atoms with Gasteiger partial charge in [-0.1, -0.05) is 74.5 Å². The Balaban J connectivity index is 1.20. The molecule has 0 fully saturated rings. The quantitative estimate of drug-likeness (QED) is 0.190. The van der Waals surface area contributed by atoms with Crippen LogP contribution in [0.1, 0.15) is 60.8 Å². The standard InChI is InChI=1S/C32H35NO/c1-23-16-18-28-26(12-9-14-27(23)28)11-6-4-3-5-10-25-17-19-30-29-13-7-8-15-31(29)33(32(30)22-25)21-20-24(2)34/h7-9,12-15,17,19,22,34H,1-6,10-11,16,18,20-21H2. The summed E-state index contributed by atoms with van der Waals surface area (Å²) in [5, 5.41) is 12.2. The predicted octanol–water partition coefficient (Wildman–Crippen LogP) is 8.56. The number of benzene rings is 3. The van der Waals surface area contributed by atoms with E-state index in [1.54, 1.807) is 11.1 Å². The molecule has 3 aromatic carbocycles. The van der Waals surface area contributed by atoms with Crippen LogP contribution in [-0.2, 0) is 25.8 Å². The SMILES string of the molecule is C=C(O)CCn1c2ccccc2c2ccc(CCCCCCc3cccc4c3CCC4=C)cc21.